The Balaban J connectivity index is 1.82. The number of hydrogen-bond donors (Lipinski definition) is 1. The van der Waals surface area contributed by atoms with E-state index < -0.39 is 0 Å². The lowest BCUT2D eigenvalue weighted by molar-refractivity contribution is 0.0919. The first kappa shape index (κ1) is 18.2. The molecule has 0 radical (unpaired) electrons. The summed E-state index contributed by atoms with van der Waals surface area (Å²) in [6, 6.07) is 15.5. The van der Waals surface area contributed by atoms with E-state index in [-0.39, 0.29) is 18.2 Å². The molecule has 7 nitrogen and oxygen atoms in total. The SMILES string of the molecule is [N-]=[N+]=NCCOCCNC(=O)c1ccc(C(=O)c2ccccc2)cc1. The first-order valence-electron chi connectivity index (χ1n) is 7.79. The Hall–Kier alpha value is -3.15. The molecule has 0 bridgehead atoms. The second-order valence-corrected chi connectivity index (χ2v) is 5.10. The van der Waals surface area contributed by atoms with Gasteiger partial charge in [-0.3, -0.25) is 9.59 Å². The largest absolute Gasteiger partial charge is 0.379 e. The van der Waals surface area contributed by atoms with Crippen LogP contribution in [0.3, 0.4) is 0 Å². The average molecular weight is 338 g/mol. The molecule has 7 heteroatoms. The van der Waals surface area contributed by atoms with Crippen molar-refractivity contribution in [2.75, 3.05) is 26.3 Å². The Kier molecular flexibility index (Phi) is 7.18. The molecule has 0 aliphatic carbocycles. The summed E-state index contributed by atoms with van der Waals surface area (Å²) in [5.41, 5.74) is 9.72. The van der Waals surface area contributed by atoms with Crippen LogP contribution in [0.2, 0.25) is 0 Å². The molecule has 1 N–H and O–H groups in total. The zero-order chi connectivity index (χ0) is 17.9. The van der Waals surface area contributed by atoms with Crippen LogP contribution in [0.25, 0.3) is 10.4 Å². The van der Waals surface area contributed by atoms with Gasteiger partial charge in [-0.15, -0.1) is 0 Å². The fraction of sp³-hybridized carbons (Fsp3) is 0.222. The predicted molar refractivity (Wildman–Crippen MR) is 93.5 cm³/mol. The van der Waals surface area contributed by atoms with Crippen molar-refractivity contribution in [1.29, 1.82) is 0 Å². The van der Waals surface area contributed by atoms with Gasteiger partial charge in [-0.25, -0.2) is 0 Å². The van der Waals surface area contributed by atoms with Crippen molar-refractivity contribution in [2.45, 2.75) is 0 Å². The molecule has 0 heterocycles. The van der Waals surface area contributed by atoms with Crippen LogP contribution in [0.4, 0.5) is 0 Å². The Morgan fingerprint density at radius 3 is 2.28 bits per heavy atom. The fourth-order valence-corrected chi connectivity index (χ4v) is 2.12. The maximum absolute atomic E-state index is 12.3. The highest BCUT2D eigenvalue weighted by molar-refractivity contribution is 6.09. The summed E-state index contributed by atoms with van der Waals surface area (Å²) in [4.78, 5) is 26.9. The van der Waals surface area contributed by atoms with E-state index in [2.05, 4.69) is 15.3 Å². The van der Waals surface area contributed by atoms with Gasteiger partial charge in [0.1, 0.15) is 0 Å². The molecule has 0 aromatic heterocycles. The van der Waals surface area contributed by atoms with Crippen LogP contribution in [-0.2, 0) is 4.74 Å². The standard InChI is InChI=1S/C18H18N4O3/c19-22-21-11-13-25-12-10-20-18(24)16-8-6-15(7-9-16)17(23)14-4-2-1-3-5-14/h1-9H,10-13H2,(H,20,24). The van der Waals surface area contributed by atoms with Crippen LogP contribution in [-0.4, -0.2) is 38.0 Å². The Morgan fingerprint density at radius 2 is 1.60 bits per heavy atom. The van der Waals surface area contributed by atoms with Crippen molar-refractivity contribution in [3.05, 3.63) is 81.7 Å². The van der Waals surface area contributed by atoms with E-state index >= 15 is 0 Å². The van der Waals surface area contributed by atoms with Crippen molar-refractivity contribution in [1.82, 2.24) is 5.32 Å². The van der Waals surface area contributed by atoms with Crippen molar-refractivity contribution in [3.8, 4) is 0 Å². The van der Waals surface area contributed by atoms with E-state index in [1.54, 1.807) is 36.4 Å². The minimum Gasteiger partial charge on any atom is -0.379 e. The summed E-state index contributed by atoms with van der Waals surface area (Å²) in [5.74, 6) is -0.321. The maximum Gasteiger partial charge on any atom is 0.251 e. The van der Waals surface area contributed by atoms with E-state index in [0.717, 1.165) is 0 Å². The minimum absolute atomic E-state index is 0.0824. The van der Waals surface area contributed by atoms with Crippen molar-refractivity contribution in [2.24, 2.45) is 5.11 Å². The fourth-order valence-electron chi connectivity index (χ4n) is 2.12. The summed E-state index contributed by atoms with van der Waals surface area (Å²) < 4.78 is 5.20. The number of carbonyl (C=O) groups is 2. The number of hydrogen-bond acceptors (Lipinski definition) is 4. The van der Waals surface area contributed by atoms with Gasteiger partial charge in [0, 0.05) is 34.7 Å². The summed E-state index contributed by atoms with van der Waals surface area (Å²) in [7, 11) is 0. The number of azide groups is 1. The first-order chi connectivity index (χ1) is 12.2. The topological polar surface area (TPSA) is 104 Å². The molecule has 128 valence electrons. The Labute approximate surface area is 145 Å². The number of nitrogens with one attached hydrogen (secondary N) is 1. The molecule has 0 unspecified atom stereocenters. The highest BCUT2D eigenvalue weighted by Gasteiger charge is 2.10. The van der Waals surface area contributed by atoms with Crippen LogP contribution < -0.4 is 5.32 Å². The van der Waals surface area contributed by atoms with E-state index in [1.807, 2.05) is 18.2 Å². The third kappa shape index (κ3) is 5.76. The van der Waals surface area contributed by atoms with Crippen molar-refractivity contribution >= 4 is 11.7 Å². The Morgan fingerprint density at radius 1 is 0.960 bits per heavy atom. The average Bonchev–Trinajstić information content (AvgIpc) is 2.67. The van der Waals surface area contributed by atoms with Crippen LogP contribution in [0.5, 0.6) is 0 Å². The van der Waals surface area contributed by atoms with E-state index in [9.17, 15) is 9.59 Å². The molecule has 1 amide bonds. The second-order valence-electron chi connectivity index (χ2n) is 5.10. The van der Waals surface area contributed by atoms with Gasteiger partial charge in [-0.1, -0.05) is 47.6 Å². The summed E-state index contributed by atoms with van der Waals surface area (Å²) in [6.07, 6.45) is 0. The van der Waals surface area contributed by atoms with Crippen LogP contribution >= 0.6 is 0 Å². The zero-order valence-corrected chi connectivity index (χ0v) is 13.6. The highest BCUT2D eigenvalue weighted by Crippen LogP contribution is 2.11. The molecule has 0 saturated heterocycles. The molecule has 2 aromatic rings. The predicted octanol–water partition coefficient (Wildman–Crippen LogP) is 2.97. The smallest absolute Gasteiger partial charge is 0.251 e. The molecule has 2 aromatic carbocycles. The molecule has 0 saturated carbocycles. The van der Waals surface area contributed by atoms with Gasteiger partial charge in [-0.2, -0.15) is 0 Å². The van der Waals surface area contributed by atoms with Gasteiger partial charge < -0.3 is 10.1 Å². The summed E-state index contributed by atoms with van der Waals surface area (Å²) in [6.45, 7) is 1.26. The number of carbonyl (C=O) groups excluding carboxylic acids is 2. The lowest BCUT2D eigenvalue weighted by Crippen LogP contribution is -2.27. The van der Waals surface area contributed by atoms with Gasteiger partial charge in [0.15, 0.2) is 5.78 Å². The zero-order valence-electron chi connectivity index (χ0n) is 13.6. The van der Waals surface area contributed by atoms with E-state index in [0.29, 0.717) is 36.4 Å². The third-order valence-corrected chi connectivity index (χ3v) is 3.38. The van der Waals surface area contributed by atoms with Gasteiger partial charge in [0.25, 0.3) is 5.91 Å². The first-order valence-corrected chi connectivity index (χ1v) is 7.79. The number of benzene rings is 2. The highest BCUT2D eigenvalue weighted by atomic mass is 16.5. The second kappa shape index (κ2) is 9.87. The molecule has 25 heavy (non-hydrogen) atoms. The number of ether oxygens (including phenoxy) is 1. The van der Waals surface area contributed by atoms with Gasteiger partial charge >= 0.3 is 0 Å². The third-order valence-electron chi connectivity index (χ3n) is 3.38. The molecule has 0 spiro atoms. The molecular weight excluding hydrogens is 320 g/mol. The molecule has 0 atom stereocenters. The van der Waals surface area contributed by atoms with Crippen LogP contribution in [0.1, 0.15) is 26.3 Å². The number of nitrogens with zero attached hydrogens (tertiary/aromatic N) is 3. The lowest BCUT2D eigenvalue weighted by Gasteiger charge is -2.07. The van der Waals surface area contributed by atoms with Crippen molar-refractivity contribution in [3.63, 3.8) is 0 Å². The summed E-state index contributed by atoms with van der Waals surface area (Å²) >= 11 is 0. The van der Waals surface area contributed by atoms with Gasteiger partial charge in [-0.05, 0) is 17.7 Å². The monoisotopic (exact) mass is 338 g/mol. The molecule has 0 aliphatic heterocycles. The molecular formula is C18H18N4O3. The van der Waals surface area contributed by atoms with Gasteiger partial charge in [0.2, 0.25) is 0 Å². The number of ketones is 1. The normalized spacial score (nSPS) is 9.92. The van der Waals surface area contributed by atoms with Crippen molar-refractivity contribution < 1.29 is 14.3 Å². The quantitative estimate of drug-likeness (QED) is 0.250. The van der Waals surface area contributed by atoms with E-state index in [4.69, 9.17) is 10.3 Å². The summed E-state index contributed by atoms with van der Waals surface area (Å²) in [5, 5.41) is 6.06. The molecule has 0 aliphatic rings. The maximum atomic E-state index is 12.3. The van der Waals surface area contributed by atoms with Gasteiger partial charge in [0.05, 0.1) is 13.2 Å². The van der Waals surface area contributed by atoms with Crippen LogP contribution in [0, 0.1) is 0 Å². The van der Waals surface area contributed by atoms with Crippen LogP contribution in [0.15, 0.2) is 59.7 Å². The number of amides is 1. The van der Waals surface area contributed by atoms with E-state index in [1.165, 1.54) is 0 Å². The Bertz CT molecular complexity index is 754. The molecule has 2 rings (SSSR count). The lowest BCUT2D eigenvalue weighted by atomic mass is 10.0. The molecule has 0 fully saturated rings. The minimum atomic E-state index is -0.239. The number of rotatable bonds is 9.